The number of oxazole rings is 1. The number of rotatable bonds is 3. The highest BCUT2D eigenvalue weighted by Crippen LogP contribution is 2.34. The van der Waals surface area contributed by atoms with Crippen molar-refractivity contribution in [3.63, 3.8) is 0 Å². The van der Waals surface area contributed by atoms with Crippen LogP contribution in [0.1, 0.15) is 10.4 Å². The molecule has 5 rings (SSSR count). The Morgan fingerprint density at radius 2 is 1.58 bits per heavy atom. The lowest BCUT2D eigenvalue weighted by Crippen LogP contribution is -2.12. The molecule has 0 radical (unpaired) electrons. The summed E-state index contributed by atoms with van der Waals surface area (Å²) in [5.74, 6) is 0.114. The number of fused-ring (bicyclic) bond motifs is 2. The van der Waals surface area contributed by atoms with Gasteiger partial charge in [0, 0.05) is 21.7 Å². The summed E-state index contributed by atoms with van der Waals surface area (Å²) >= 11 is 18.5. The van der Waals surface area contributed by atoms with E-state index in [4.69, 9.17) is 39.2 Å². The zero-order valence-electron chi connectivity index (χ0n) is 15.8. The molecule has 0 fully saturated rings. The predicted molar refractivity (Wildman–Crippen MR) is 126 cm³/mol. The van der Waals surface area contributed by atoms with Crippen LogP contribution in [-0.2, 0) is 0 Å². The van der Waals surface area contributed by atoms with Gasteiger partial charge in [-0.1, -0.05) is 65.1 Å². The maximum Gasteiger partial charge on any atom is 0.257 e. The molecule has 1 amide bonds. The maximum atomic E-state index is 12.6. The molecule has 31 heavy (non-hydrogen) atoms. The van der Waals surface area contributed by atoms with E-state index in [9.17, 15) is 4.79 Å². The smallest absolute Gasteiger partial charge is 0.257 e. The van der Waals surface area contributed by atoms with Crippen molar-refractivity contribution in [3.05, 3.63) is 93.4 Å². The zero-order chi connectivity index (χ0) is 21.5. The second kappa shape index (κ2) is 7.89. The van der Waals surface area contributed by atoms with E-state index < -0.39 is 0 Å². The Morgan fingerprint density at radius 3 is 2.45 bits per heavy atom. The van der Waals surface area contributed by atoms with Crippen LogP contribution in [0.4, 0.5) is 5.69 Å². The lowest BCUT2D eigenvalue weighted by Gasteiger charge is -2.07. The van der Waals surface area contributed by atoms with Gasteiger partial charge in [0.05, 0.1) is 15.6 Å². The van der Waals surface area contributed by atoms with Crippen molar-refractivity contribution >= 4 is 68.3 Å². The molecule has 1 aromatic heterocycles. The van der Waals surface area contributed by atoms with Gasteiger partial charge < -0.3 is 9.73 Å². The van der Waals surface area contributed by atoms with Gasteiger partial charge in [-0.3, -0.25) is 4.79 Å². The summed E-state index contributed by atoms with van der Waals surface area (Å²) in [5.41, 5.74) is 2.92. The monoisotopic (exact) mass is 466 g/mol. The van der Waals surface area contributed by atoms with E-state index >= 15 is 0 Å². The van der Waals surface area contributed by atoms with Crippen LogP contribution in [0.3, 0.4) is 0 Å². The summed E-state index contributed by atoms with van der Waals surface area (Å²) in [6.07, 6.45) is 0. The molecule has 1 heterocycles. The van der Waals surface area contributed by atoms with Crippen molar-refractivity contribution < 1.29 is 9.21 Å². The molecule has 4 aromatic carbocycles. The fraction of sp³-hybridized carbons (Fsp3) is 0. The summed E-state index contributed by atoms with van der Waals surface area (Å²) in [7, 11) is 0. The third-order valence-corrected chi connectivity index (χ3v) is 6.09. The van der Waals surface area contributed by atoms with Crippen molar-refractivity contribution in [1.82, 2.24) is 4.98 Å². The largest absolute Gasteiger partial charge is 0.436 e. The van der Waals surface area contributed by atoms with E-state index in [1.165, 1.54) is 0 Å². The summed E-state index contributed by atoms with van der Waals surface area (Å²) in [5, 5.41) is 5.90. The van der Waals surface area contributed by atoms with Crippen LogP contribution >= 0.6 is 34.8 Å². The number of carbonyl (C=O) groups excluding carboxylic acids is 1. The molecule has 0 saturated carbocycles. The number of hydrogen-bond acceptors (Lipinski definition) is 3. The van der Waals surface area contributed by atoms with Crippen molar-refractivity contribution in [2.75, 3.05) is 5.32 Å². The molecule has 0 spiro atoms. The van der Waals surface area contributed by atoms with Crippen molar-refractivity contribution in [2.45, 2.75) is 0 Å². The third kappa shape index (κ3) is 3.63. The molecule has 0 aliphatic carbocycles. The first-order chi connectivity index (χ1) is 15.0. The number of benzene rings is 4. The SMILES string of the molecule is O=C(Nc1ccc2oc(-c3cccc4c(Cl)cccc34)nc2c1)c1cccc(Cl)c1Cl. The minimum absolute atomic E-state index is 0.209. The lowest BCUT2D eigenvalue weighted by molar-refractivity contribution is 0.102. The molecule has 7 heteroatoms. The maximum absolute atomic E-state index is 12.6. The van der Waals surface area contributed by atoms with E-state index in [1.54, 1.807) is 36.4 Å². The van der Waals surface area contributed by atoms with Crippen LogP contribution < -0.4 is 5.32 Å². The minimum Gasteiger partial charge on any atom is -0.436 e. The fourth-order valence-electron chi connectivity index (χ4n) is 3.46. The highest BCUT2D eigenvalue weighted by atomic mass is 35.5. The van der Waals surface area contributed by atoms with Gasteiger partial charge in [0.2, 0.25) is 5.89 Å². The number of halogens is 3. The van der Waals surface area contributed by atoms with Crippen molar-refractivity contribution in [1.29, 1.82) is 0 Å². The van der Waals surface area contributed by atoms with Gasteiger partial charge in [-0.2, -0.15) is 0 Å². The molecular weight excluding hydrogens is 455 g/mol. The molecule has 4 nitrogen and oxygen atoms in total. The van der Waals surface area contributed by atoms with Gasteiger partial charge in [0.1, 0.15) is 5.52 Å². The molecule has 0 bridgehead atoms. The summed E-state index contributed by atoms with van der Waals surface area (Å²) in [6, 6.07) is 21.7. The van der Waals surface area contributed by atoms with Gasteiger partial charge in [-0.25, -0.2) is 4.98 Å². The van der Waals surface area contributed by atoms with E-state index in [0.717, 1.165) is 16.3 Å². The summed E-state index contributed by atoms with van der Waals surface area (Å²) in [4.78, 5) is 17.2. The molecule has 0 aliphatic heterocycles. The average Bonchev–Trinajstić information content (AvgIpc) is 3.19. The van der Waals surface area contributed by atoms with E-state index in [1.807, 2.05) is 36.4 Å². The number of carbonyl (C=O) groups is 1. The van der Waals surface area contributed by atoms with Crippen LogP contribution in [-0.4, -0.2) is 10.9 Å². The van der Waals surface area contributed by atoms with Crippen LogP contribution in [0, 0.1) is 0 Å². The van der Waals surface area contributed by atoms with Gasteiger partial charge in [-0.15, -0.1) is 0 Å². The molecule has 1 N–H and O–H groups in total. The Morgan fingerprint density at radius 1 is 0.839 bits per heavy atom. The third-order valence-electron chi connectivity index (χ3n) is 4.94. The quantitative estimate of drug-likeness (QED) is 0.294. The summed E-state index contributed by atoms with van der Waals surface area (Å²) in [6.45, 7) is 0. The highest BCUT2D eigenvalue weighted by molar-refractivity contribution is 6.44. The standard InChI is InChI=1S/C24H13Cl3N2O2/c25-18-8-2-4-14-15(18)5-1-6-16(14)24-29-20-12-13(10-11-21(20)31-24)28-23(30)17-7-3-9-19(26)22(17)27/h1-12H,(H,28,30). The first-order valence-electron chi connectivity index (χ1n) is 9.35. The minimum atomic E-state index is -0.362. The Kier molecular flexibility index (Phi) is 5.06. The number of amides is 1. The van der Waals surface area contributed by atoms with Crippen LogP contribution in [0.15, 0.2) is 77.2 Å². The molecule has 0 unspecified atom stereocenters. The van der Waals surface area contributed by atoms with Crippen LogP contribution in [0.5, 0.6) is 0 Å². The van der Waals surface area contributed by atoms with Gasteiger partial charge in [-0.05, 0) is 47.9 Å². The summed E-state index contributed by atoms with van der Waals surface area (Å²) < 4.78 is 5.98. The Balaban J connectivity index is 1.51. The predicted octanol–water partition coefficient (Wildman–Crippen LogP) is 7.86. The molecular formula is C24H13Cl3N2O2. The molecule has 152 valence electrons. The molecule has 0 aliphatic rings. The Hall–Kier alpha value is -3.05. The second-order valence-corrected chi connectivity index (χ2v) is 8.09. The normalized spacial score (nSPS) is 11.2. The van der Waals surface area contributed by atoms with Crippen molar-refractivity contribution in [3.8, 4) is 11.5 Å². The lowest BCUT2D eigenvalue weighted by atomic mass is 10.0. The first kappa shape index (κ1) is 19.9. The number of hydrogen-bond donors (Lipinski definition) is 1. The van der Waals surface area contributed by atoms with Crippen molar-refractivity contribution in [2.24, 2.45) is 0 Å². The van der Waals surface area contributed by atoms with Gasteiger partial charge in [0.25, 0.3) is 5.91 Å². The van der Waals surface area contributed by atoms with E-state index in [2.05, 4.69) is 10.3 Å². The van der Waals surface area contributed by atoms with Crippen LogP contribution in [0.25, 0.3) is 33.3 Å². The molecule has 0 saturated heterocycles. The Labute approximate surface area is 192 Å². The number of nitrogens with one attached hydrogen (secondary N) is 1. The van der Waals surface area contributed by atoms with E-state index in [0.29, 0.717) is 38.3 Å². The topological polar surface area (TPSA) is 55.1 Å². The number of nitrogens with zero attached hydrogens (tertiary/aromatic N) is 1. The second-order valence-electron chi connectivity index (χ2n) is 6.90. The first-order valence-corrected chi connectivity index (χ1v) is 10.5. The number of anilines is 1. The zero-order valence-corrected chi connectivity index (χ0v) is 18.1. The van der Waals surface area contributed by atoms with Gasteiger partial charge in [0.15, 0.2) is 5.58 Å². The fourth-order valence-corrected chi connectivity index (χ4v) is 4.08. The average molecular weight is 468 g/mol. The Bertz CT molecular complexity index is 1480. The number of aromatic nitrogens is 1. The van der Waals surface area contributed by atoms with Gasteiger partial charge >= 0.3 is 0 Å². The molecule has 5 aromatic rings. The highest BCUT2D eigenvalue weighted by Gasteiger charge is 2.15. The van der Waals surface area contributed by atoms with Crippen LogP contribution in [0.2, 0.25) is 15.1 Å². The van der Waals surface area contributed by atoms with E-state index in [-0.39, 0.29) is 10.9 Å². The molecule has 0 atom stereocenters.